The van der Waals surface area contributed by atoms with Crippen LogP contribution in [-0.2, 0) is 9.59 Å². The summed E-state index contributed by atoms with van der Waals surface area (Å²) in [4.78, 5) is 24.1. The first-order valence-electron chi connectivity index (χ1n) is 5.30. The number of benzene rings is 1. The van der Waals surface area contributed by atoms with E-state index in [1.807, 2.05) is 0 Å². The standard InChI is InChI=1S/C12H7Cl2NO3S2/c13-7-1-6(2-8(14)4-7)3-9-11(18)15(5-10(16)17)12(19)20-9/h1-4H,5H2,(H,16,17)/b9-3+. The zero-order valence-electron chi connectivity index (χ0n) is 9.80. The molecule has 1 amide bonds. The third kappa shape index (κ3) is 3.52. The summed E-state index contributed by atoms with van der Waals surface area (Å²) < 4.78 is 0.219. The van der Waals surface area contributed by atoms with Crippen molar-refractivity contribution in [2.24, 2.45) is 0 Å². The van der Waals surface area contributed by atoms with Gasteiger partial charge in [0.1, 0.15) is 10.9 Å². The van der Waals surface area contributed by atoms with Gasteiger partial charge in [-0.05, 0) is 29.8 Å². The van der Waals surface area contributed by atoms with Crippen molar-refractivity contribution >= 4 is 69.5 Å². The fourth-order valence-electron chi connectivity index (χ4n) is 1.58. The van der Waals surface area contributed by atoms with Gasteiger partial charge in [0, 0.05) is 10.0 Å². The number of hydrogen-bond donors (Lipinski definition) is 1. The van der Waals surface area contributed by atoms with E-state index in [1.54, 1.807) is 24.3 Å². The Morgan fingerprint density at radius 3 is 2.50 bits per heavy atom. The van der Waals surface area contributed by atoms with Crippen LogP contribution in [-0.4, -0.2) is 32.7 Å². The van der Waals surface area contributed by atoms with E-state index in [9.17, 15) is 9.59 Å². The summed E-state index contributed by atoms with van der Waals surface area (Å²) in [6, 6.07) is 4.88. The van der Waals surface area contributed by atoms with E-state index >= 15 is 0 Å². The van der Waals surface area contributed by atoms with Gasteiger partial charge in [-0.2, -0.15) is 0 Å². The molecule has 8 heteroatoms. The van der Waals surface area contributed by atoms with Gasteiger partial charge in [-0.1, -0.05) is 47.2 Å². The minimum atomic E-state index is -1.12. The summed E-state index contributed by atoms with van der Waals surface area (Å²) in [7, 11) is 0. The summed E-state index contributed by atoms with van der Waals surface area (Å²) in [5.74, 6) is -1.55. The maximum atomic E-state index is 12.0. The highest BCUT2D eigenvalue weighted by atomic mass is 35.5. The molecule has 20 heavy (non-hydrogen) atoms. The van der Waals surface area contributed by atoms with E-state index in [4.69, 9.17) is 40.5 Å². The van der Waals surface area contributed by atoms with Crippen molar-refractivity contribution in [1.82, 2.24) is 4.90 Å². The van der Waals surface area contributed by atoms with E-state index in [0.717, 1.165) is 16.7 Å². The van der Waals surface area contributed by atoms with Crippen molar-refractivity contribution in [3.05, 3.63) is 38.7 Å². The maximum absolute atomic E-state index is 12.0. The van der Waals surface area contributed by atoms with Gasteiger partial charge in [0.05, 0.1) is 4.91 Å². The summed E-state index contributed by atoms with van der Waals surface area (Å²) in [6.45, 7) is -0.446. The van der Waals surface area contributed by atoms with Crippen molar-refractivity contribution < 1.29 is 14.7 Å². The lowest BCUT2D eigenvalue weighted by Gasteiger charge is -2.10. The van der Waals surface area contributed by atoms with Crippen molar-refractivity contribution in [2.45, 2.75) is 0 Å². The number of hydrogen-bond acceptors (Lipinski definition) is 4. The lowest BCUT2D eigenvalue weighted by molar-refractivity contribution is -0.140. The number of rotatable bonds is 3. The Morgan fingerprint density at radius 1 is 1.35 bits per heavy atom. The average Bonchev–Trinajstić information content (AvgIpc) is 2.55. The monoisotopic (exact) mass is 347 g/mol. The first-order valence-corrected chi connectivity index (χ1v) is 7.28. The highest BCUT2D eigenvalue weighted by molar-refractivity contribution is 8.26. The number of amides is 1. The van der Waals surface area contributed by atoms with Gasteiger partial charge in [0.15, 0.2) is 0 Å². The molecular formula is C12H7Cl2NO3S2. The lowest BCUT2D eigenvalue weighted by Crippen LogP contribution is -2.33. The van der Waals surface area contributed by atoms with Crippen LogP contribution >= 0.6 is 47.2 Å². The third-order valence-electron chi connectivity index (χ3n) is 2.35. The predicted octanol–water partition coefficient (Wildman–Crippen LogP) is 3.28. The lowest BCUT2D eigenvalue weighted by atomic mass is 10.2. The Kier molecular flexibility index (Phi) is 4.70. The molecule has 1 aliphatic heterocycles. The second-order valence-electron chi connectivity index (χ2n) is 3.86. The van der Waals surface area contributed by atoms with Gasteiger partial charge in [-0.25, -0.2) is 0 Å². The van der Waals surface area contributed by atoms with Gasteiger partial charge in [-0.15, -0.1) is 0 Å². The molecule has 4 nitrogen and oxygen atoms in total. The molecule has 2 rings (SSSR count). The molecule has 0 bridgehead atoms. The summed E-state index contributed by atoms with van der Waals surface area (Å²) in [5.41, 5.74) is 0.651. The van der Waals surface area contributed by atoms with Crippen LogP contribution in [0.2, 0.25) is 10.0 Å². The van der Waals surface area contributed by atoms with Crippen molar-refractivity contribution in [2.75, 3.05) is 6.54 Å². The van der Waals surface area contributed by atoms with Crippen LogP contribution < -0.4 is 0 Å². The smallest absolute Gasteiger partial charge is 0.323 e. The third-order valence-corrected chi connectivity index (χ3v) is 4.16. The molecule has 104 valence electrons. The van der Waals surface area contributed by atoms with Crippen LogP contribution in [0.3, 0.4) is 0 Å². The Labute approximate surface area is 134 Å². The quantitative estimate of drug-likeness (QED) is 0.671. The molecule has 0 aliphatic carbocycles. The molecule has 0 radical (unpaired) electrons. The number of carboxylic acids is 1. The van der Waals surface area contributed by atoms with Crippen LogP contribution in [0.5, 0.6) is 0 Å². The summed E-state index contributed by atoms with van der Waals surface area (Å²) in [5, 5.41) is 9.64. The molecule has 0 saturated carbocycles. The molecule has 1 aliphatic rings. The molecule has 1 fully saturated rings. The topological polar surface area (TPSA) is 57.6 Å². The van der Waals surface area contributed by atoms with E-state index in [1.165, 1.54) is 0 Å². The van der Waals surface area contributed by atoms with Gasteiger partial charge >= 0.3 is 5.97 Å². The number of carbonyl (C=O) groups excluding carboxylic acids is 1. The zero-order chi connectivity index (χ0) is 14.9. The van der Waals surface area contributed by atoms with E-state index in [2.05, 4.69) is 0 Å². The summed E-state index contributed by atoms with van der Waals surface area (Å²) in [6.07, 6.45) is 1.58. The van der Waals surface area contributed by atoms with Crippen molar-refractivity contribution in [1.29, 1.82) is 0 Å². The molecular weight excluding hydrogens is 341 g/mol. The molecule has 1 aromatic rings. The highest BCUT2D eigenvalue weighted by Crippen LogP contribution is 2.33. The highest BCUT2D eigenvalue weighted by Gasteiger charge is 2.33. The zero-order valence-corrected chi connectivity index (χ0v) is 12.9. The van der Waals surface area contributed by atoms with Crippen LogP contribution in [0.1, 0.15) is 5.56 Å². The van der Waals surface area contributed by atoms with Crippen molar-refractivity contribution in [3.8, 4) is 0 Å². The fourth-order valence-corrected chi connectivity index (χ4v) is 3.38. The van der Waals surface area contributed by atoms with Crippen LogP contribution in [0.25, 0.3) is 6.08 Å². The largest absolute Gasteiger partial charge is 0.480 e. The van der Waals surface area contributed by atoms with Crippen LogP contribution in [0.4, 0.5) is 0 Å². The number of halogens is 2. The van der Waals surface area contributed by atoms with Crippen LogP contribution in [0.15, 0.2) is 23.1 Å². The van der Waals surface area contributed by atoms with Crippen LogP contribution in [0, 0.1) is 0 Å². The number of aliphatic carboxylic acids is 1. The number of nitrogens with zero attached hydrogens (tertiary/aromatic N) is 1. The summed E-state index contributed by atoms with van der Waals surface area (Å²) >= 11 is 17.8. The first kappa shape index (κ1) is 15.3. The van der Waals surface area contributed by atoms with Crippen molar-refractivity contribution in [3.63, 3.8) is 0 Å². The number of thioether (sulfide) groups is 1. The second kappa shape index (κ2) is 6.13. The average molecular weight is 348 g/mol. The minimum Gasteiger partial charge on any atom is -0.480 e. The van der Waals surface area contributed by atoms with E-state index < -0.39 is 18.4 Å². The molecule has 1 heterocycles. The van der Waals surface area contributed by atoms with Gasteiger partial charge in [-0.3, -0.25) is 14.5 Å². The molecule has 0 atom stereocenters. The second-order valence-corrected chi connectivity index (χ2v) is 6.41. The molecule has 0 aromatic heterocycles. The molecule has 1 aromatic carbocycles. The molecule has 1 N–H and O–H groups in total. The molecule has 0 spiro atoms. The SMILES string of the molecule is O=C(O)CN1C(=O)/C(=C\c2cc(Cl)cc(Cl)c2)SC1=S. The fraction of sp³-hybridized carbons (Fsp3) is 0.0833. The van der Waals surface area contributed by atoms with E-state index in [-0.39, 0.29) is 4.32 Å². The maximum Gasteiger partial charge on any atom is 0.323 e. The number of carboxylic acid groups (broad SMARTS) is 1. The van der Waals surface area contributed by atoms with Gasteiger partial charge in [0.2, 0.25) is 0 Å². The molecule has 1 saturated heterocycles. The van der Waals surface area contributed by atoms with Gasteiger partial charge in [0.25, 0.3) is 5.91 Å². The Morgan fingerprint density at radius 2 is 1.95 bits per heavy atom. The Bertz CT molecular complexity index is 625. The number of carbonyl (C=O) groups is 2. The minimum absolute atomic E-state index is 0.219. The normalized spacial score (nSPS) is 17.1. The van der Waals surface area contributed by atoms with Gasteiger partial charge < -0.3 is 5.11 Å². The Hall–Kier alpha value is -1.08. The number of thiocarbonyl (C=S) groups is 1. The Balaban J connectivity index is 2.29. The van der Waals surface area contributed by atoms with E-state index in [0.29, 0.717) is 20.5 Å². The predicted molar refractivity (Wildman–Crippen MR) is 84.0 cm³/mol. The molecule has 0 unspecified atom stereocenters. The first-order chi connectivity index (χ1) is 9.36.